The van der Waals surface area contributed by atoms with Crippen molar-refractivity contribution in [3.05, 3.63) is 29.3 Å². The number of carbonyl (C=O) groups is 1. The fourth-order valence-corrected chi connectivity index (χ4v) is 2.37. The molecule has 1 fully saturated rings. The maximum absolute atomic E-state index is 11.9. The minimum Gasteiger partial charge on any atom is -0.382 e. The molecule has 104 valence electrons. The van der Waals surface area contributed by atoms with Crippen molar-refractivity contribution >= 4 is 11.6 Å². The maximum atomic E-state index is 11.9. The van der Waals surface area contributed by atoms with Gasteiger partial charge in [0.25, 0.3) is 5.91 Å². The minimum atomic E-state index is -0.00383. The Hall–Kier alpha value is -1.55. The molecule has 0 spiro atoms. The molecule has 1 aromatic carbocycles. The van der Waals surface area contributed by atoms with Crippen LogP contribution in [0.1, 0.15) is 35.7 Å². The molecule has 0 aromatic heterocycles. The molecule has 1 saturated heterocycles. The Balaban J connectivity index is 2.10. The first kappa shape index (κ1) is 13.9. The van der Waals surface area contributed by atoms with E-state index in [0.717, 1.165) is 37.2 Å². The molecule has 4 heteroatoms. The van der Waals surface area contributed by atoms with Crippen molar-refractivity contribution < 1.29 is 4.79 Å². The van der Waals surface area contributed by atoms with E-state index in [4.69, 9.17) is 0 Å². The van der Waals surface area contributed by atoms with Crippen LogP contribution >= 0.6 is 0 Å². The normalized spacial score (nSPS) is 16.1. The van der Waals surface area contributed by atoms with Crippen molar-refractivity contribution in [3.63, 3.8) is 0 Å². The topological polar surface area (TPSA) is 53.2 Å². The third-order valence-corrected chi connectivity index (χ3v) is 3.54. The Morgan fingerprint density at radius 3 is 2.79 bits per heavy atom. The summed E-state index contributed by atoms with van der Waals surface area (Å²) in [5, 5.41) is 9.76. The first-order valence-corrected chi connectivity index (χ1v) is 7.07. The second kappa shape index (κ2) is 6.57. The number of piperidine rings is 1. The van der Waals surface area contributed by atoms with E-state index >= 15 is 0 Å². The van der Waals surface area contributed by atoms with Gasteiger partial charge in [-0.2, -0.15) is 0 Å². The van der Waals surface area contributed by atoms with Crippen LogP contribution in [-0.4, -0.2) is 31.6 Å². The monoisotopic (exact) mass is 261 g/mol. The van der Waals surface area contributed by atoms with Gasteiger partial charge in [-0.15, -0.1) is 0 Å². The number of rotatable bonds is 4. The molecule has 0 saturated carbocycles. The molecule has 19 heavy (non-hydrogen) atoms. The molecule has 2 rings (SSSR count). The van der Waals surface area contributed by atoms with Crippen LogP contribution in [0, 0.1) is 6.92 Å². The Kier molecular flexibility index (Phi) is 4.80. The van der Waals surface area contributed by atoms with Crippen LogP contribution in [0.3, 0.4) is 0 Å². The number of anilines is 1. The van der Waals surface area contributed by atoms with Gasteiger partial charge in [-0.05, 0) is 57.5 Å². The number of hydrogen-bond donors (Lipinski definition) is 3. The van der Waals surface area contributed by atoms with Gasteiger partial charge in [-0.1, -0.05) is 6.07 Å². The summed E-state index contributed by atoms with van der Waals surface area (Å²) in [5.74, 6) is -0.00383. The van der Waals surface area contributed by atoms with Crippen LogP contribution in [0.25, 0.3) is 0 Å². The predicted octanol–water partition coefficient (Wildman–Crippen LogP) is 1.91. The first-order valence-electron chi connectivity index (χ1n) is 7.07. The number of aryl methyl sites for hydroxylation is 1. The van der Waals surface area contributed by atoms with Crippen LogP contribution in [0.5, 0.6) is 0 Å². The second-order valence-corrected chi connectivity index (χ2v) is 5.06. The molecule has 0 bridgehead atoms. The standard InChI is InChI=1S/C15H23N3O/c1-3-17-15(19)12-5-4-11(2)14(10-12)18-13-6-8-16-9-7-13/h4-5,10,13,16,18H,3,6-9H2,1-2H3,(H,17,19). The molecule has 1 heterocycles. The zero-order valence-electron chi connectivity index (χ0n) is 11.8. The average Bonchev–Trinajstić information content (AvgIpc) is 2.42. The van der Waals surface area contributed by atoms with E-state index in [1.807, 2.05) is 25.1 Å². The molecule has 1 aliphatic rings. The van der Waals surface area contributed by atoms with Gasteiger partial charge in [0.05, 0.1) is 0 Å². The van der Waals surface area contributed by atoms with Crippen LogP contribution in [0.15, 0.2) is 18.2 Å². The van der Waals surface area contributed by atoms with E-state index in [2.05, 4.69) is 22.9 Å². The van der Waals surface area contributed by atoms with Gasteiger partial charge in [0.2, 0.25) is 0 Å². The lowest BCUT2D eigenvalue weighted by atomic mass is 10.0. The largest absolute Gasteiger partial charge is 0.382 e. The fourth-order valence-electron chi connectivity index (χ4n) is 2.37. The van der Waals surface area contributed by atoms with Gasteiger partial charge >= 0.3 is 0 Å². The van der Waals surface area contributed by atoms with Crippen molar-refractivity contribution in [1.29, 1.82) is 0 Å². The highest BCUT2D eigenvalue weighted by Gasteiger charge is 2.14. The molecule has 4 nitrogen and oxygen atoms in total. The van der Waals surface area contributed by atoms with E-state index in [1.165, 1.54) is 5.56 Å². The zero-order chi connectivity index (χ0) is 13.7. The summed E-state index contributed by atoms with van der Waals surface area (Å²) in [5.41, 5.74) is 2.99. The summed E-state index contributed by atoms with van der Waals surface area (Å²) < 4.78 is 0. The first-order chi connectivity index (χ1) is 9.20. The highest BCUT2D eigenvalue weighted by molar-refractivity contribution is 5.95. The Bertz CT molecular complexity index is 439. The molecule has 1 amide bonds. The summed E-state index contributed by atoms with van der Waals surface area (Å²) in [4.78, 5) is 11.9. The van der Waals surface area contributed by atoms with Crippen LogP contribution in [0.2, 0.25) is 0 Å². The molecule has 1 aliphatic heterocycles. The molecular weight excluding hydrogens is 238 g/mol. The molecule has 0 unspecified atom stereocenters. The number of hydrogen-bond acceptors (Lipinski definition) is 3. The van der Waals surface area contributed by atoms with Gasteiger partial charge in [0.1, 0.15) is 0 Å². The molecule has 0 radical (unpaired) electrons. The molecular formula is C15H23N3O. The third-order valence-electron chi connectivity index (χ3n) is 3.54. The lowest BCUT2D eigenvalue weighted by Crippen LogP contribution is -2.35. The Labute approximate surface area is 115 Å². The smallest absolute Gasteiger partial charge is 0.251 e. The SMILES string of the molecule is CCNC(=O)c1ccc(C)c(NC2CCNCC2)c1. The predicted molar refractivity (Wildman–Crippen MR) is 78.7 cm³/mol. The molecule has 0 atom stereocenters. The van der Waals surface area contributed by atoms with Gasteiger partial charge in [-0.25, -0.2) is 0 Å². The van der Waals surface area contributed by atoms with Crippen molar-refractivity contribution in [1.82, 2.24) is 10.6 Å². The minimum absolute atomic E-state index is 0.00383. The number of carbonyl (C=O) groups excluding carboxylic acids is 1. The highest BCUT2D eigenvalue weighted by atomic mass is 16.1. The van der Waals surface area contributed by atoms with Gasteiger partial charge in [0.15, 0.2) is 0 Å². The van der Waals surface area contributed by atoms with Crippen LogP contribution in [0.4, 0.5) is 5.69 Å². The van der Waals surface area contributed by atoms with Gasteiger partial charge in [-0.3, -0.25) is 4.79 Å². The molecule has 3 N–H and O–H groups in total. The Morgan fingerprint density at radius 1 is 1.37 bits per heavy atom. The second-order valence-electron chi connectivity index (χ2n) is 5.06. The molecule has 0 aliphatic carbocycles. The summed E-state index contributed by atoms with van der Waals surface area (Å²) >= 11 is 0. The average molecular weight is 261 g/mol. The van der Waals surface area contributed by atoms with Crippen LogP contribution < -0.4 is 16.0 Å². The number of nitrogens with one attached hydrogen (secondary N) is 3. The number of benzene rings is 1. The number of amides is 1. The van der Waals surface area contributed by atoms with Crippen molar-refractivity contribution in [3.8, 4) is 0 Å². The van der Waals surface area contributed by atoms with Crippen molar-refractivity contribution in [2.45, 2.75) is 32.7 Å². The zero-order valence-corrected chi connectivity index (χ0v) is 11.8. The highest BCUT2D eigenvalue weighted by Crippen LogP contribution is 2.20. The van der Waals surface area contributed by atoms with E-state index < -0.39 is 0 Å². The summed E-state index contributed by atoms with van der Waals surface area (Å²) in [6, 6.07) is 6.36. The van der Waals surface area contributed by atoms with Crippen molar-refractivity contribution in [2.75, 3.05) is 25.0 Å². The third kappa shape index (κ3) is 3.70. The molecule has 1 aromatic rings. The fraction of sp³-hybridized carbons (Fsp3) is 0.533. The van der Waals surface area contributed by atoms with Gasteiger partial charge in [0, 0.05) is 23.8 Å². The summed E-state index contributed by atoms with van der Waals surface area (Å²) in [6.45, 7) is 6.79. The van der Waals surface area contributed by atoms with Crippen LogP contribution in [-0.2, 0) is 0 Å². The quantitative estimate of drug-likeness (QED) is 0.776. The lowest BCUT2D eigenvalue weighted by molar-refractivity contribution is 0.0956. The van der Waals surface area contributed by atoms with E-state index in [-0.39, 0.29) is 5.91 Å². The maximum Gasteiger partial charge on any atom is 0.251 e. The van der Waals surface area contributed by atoms with E-state index in [9.17, 15) is 4.79 Å². The lowest BCUT2D eigenvalue weighted by Gasteiger charge is -2.25. The van der Waals surface area contributed by atoms with E-state index in [0.29, 0.717) is 12.6 Å². The van der Waals surface area contributed by atoms with Crippen molar-refractivity contribution in [2.24, 2.45) is 0 Å². The summed E-state index contributed by atoms with van der Waals surface area (Å²) in [7, 11) is 0. The van der Waals surface area contributed by atoms with Gasteiger partial charge < -0.3 is 16.0 Å². The summed E-state index contributed by atoms with van der Waals surface area (Å²) in [6.07, 6.45) is 2.26. The van der Waals surface area contributed by atoms with E-state index in [1.54, 1.807) is 0 Å². The Morgan fingerprint density at radius 2 is 2.11 bits per heavy atom.